The van der Waals surface area contributed by atoms with Crippen molar-refractivity contribution < 1.29 is 9.53 Å². The van der Waals surface area contributed by atoms with E-state index in [0.717, 1.165) is 49.1 Å². The maximum Gasteiger partial charge on any atom is 0.253 e. The van der Waals surface area contributed by atoms with Gasteiger partial charge in [0.15, 0.2) is 0 Å². The van der Waals surface area contributed by atoms with Gasteiger partial charge in [0.05, 0.1) is 18.3 Å². The molecule has 2 aromatic heterocycles. The van der Waals surface area contributed by atoms with Gasteiger partial charge in [-0.15, -0.1) is 0 Å². The Bertz CT molecular complexity index is 1300. The quantitative estimate of drug-likeness (QED) is 0.398. The Morgan fingerprint density at radius 2 is 2.03 bits per heavy atom. The number of fused-ring (bicyclic) bond motifs is 1. The fourth-order valence-electron chi connectivity index (χ4n) is 4.93. The van der Waals surface area contributed by atoms with Crippen LogP contribution < -0.4 is 10.1 Å². The van der Waals surface area contributed by atoms with Gasteiger partial charge in [-0.05, 0) is 72.7 Å². The van der Waals surface area contributed by atoms with Crippen LogP contribution in [0.1, 0.15) is 34.3 Å². The summed E-state index contributed by atoms with van der Waals surface area (Å²) in [7, 11) is 1.64. The minimum Gasteiger partial charge on any atom is -0.495 e. The van der Waals surface area contributed by atoms with E-state index in [2.05, 4.69) is 39.6 Å². The molecule has 1 aliphatic heterocycles. The monoisotopic (exact) mass is 466 g/mol. The number of anilines is 1. The third kappa shape index (κ3) is 5.27. The average molecular weight is 467 g/mol. The fourth-order valence-corrected chi connectivity index (χ4v) is 4.93. The van der Waals surface area contributed by atoms with Gasteiger partial charge in [0, 0.05) is 49.2 Å². The fraction of sp³-hybridized carbons (Fsp3) is 0.276. The highest BCUT2D eigenvalue weighted by Gasteiger charge is 2.25. The molecule has 1 fully saturated rings. The van der Waals surface area contributed by atoms with Crippen molar-refractivity contribution in [3.8, 4) is 5.75 Å². The summed E-state index contributed by atoms with van der Waals surface area (Å²) < 4.78 is 5.52. The molecule has 1 unspecified atom stereocenters. The molecule has 2 aromatic carbocycles. The first-order valence-corrected chi connectivity index (χ1v) is 12.1. The Balaban J connectivity index is 1.29. The van der Waals surface area contributed by atoms with E-state index in [0.29, 0.717) is 23.8 Å². The summed E-state index contributed by atoms with van der Waals surface area (Å²) in [5.74, 6) is 1.22. The highest BCUT2D eigenvalue weighted by molar-refractivity contribution is 5.95. The van der Waals surface area contributed by atoms with Crippen LogP contribution in [0.3, 0.4) is 0 Å². The molecular formula is C29H30N4O2. The summed E-state index contributed by atoms with van der Waals surface area (Å²) in [6, 6.07) is 20.0. The van der Waals surface area contributed by atoms with Crippen molar-refractivity contribution in [3.63, 3.8) is 0 Å². The van der Waals surface area contributed by atoms with Gasteiger partial charge in [-0.3, -0.25) is 14.8 Å². The Hall–Kier alpha value is -3.93. The topological polar surface area (TPSA) is 67.3 Å². The molecule has 35 heavy (non-hydrogen) atoms. The molecule has 6 heteroatoms. The average Bonchev–Trinajstić information content (AvgIpc) is 2.92. The van der Waals surface area contributed by atoms with E-state index in [1.807, 2.05) is 53.7 Å². The van der Waals surface area contributed by atoms with Crippen molar-refractivity contribution in [2.75, 3.05) is 25.5 Å². The number of amides is 1. The summed E-state index contributed by atoms with van der Waals surface area (Å²) in [6.45, 7) is 2.16. The standard InChI is InChI=1S/C29H30N4O2/c1-35-28-12-11-24(17-27(28)32-19-22-6-3-13-30-18-22)29(34)33-15-5-7-21(20-33)16-23-8-2-10-26-25(23)9-4-14-31-26/h2-4,6,8-14,17-18,21,32H,5,7,15-16,19-20H2,1H3. The molecular weight excluding hydrogens is 436 g/mol. The van der Waals surface area contributed by atoms with Crippen LogP contribution in [0.4, 0.5) is 5.69 Å². The predicted octanol–water partition coefficient (Wildman–Crippen LogP) is 5.35. The van der Waals surface area contributed by atoms with Crippen molar-refractivity contribution in [1.82, 2.24) is 14.9 Å². The second-order valence-corrected chi connectivity index (χ2v) is 9.08. The summed E-state index contributed by atoms with van der Waals surface area (Å²) in [4.78, 5) is 24.1. The van der Waals surface area contributed by atoms with Crippen LogP contribution in [-0.4, -0.2) is 41.0 Å². The Morgan fingerprint density at radius 1 is 1.11 bits per heavy atom. The van der Waals surface area contributed by atoms with E-state index in [-0.39, 0.29) is 5.91 Å². The lowest BCUT2D eigenvalue weighted by atomic mass is 9.89. The molecule has 0 bridgehead atoms. The van der Waals surface area contributed by atoms with Crippen molar-refractivity contribution in [1.29, 1.82) is 0 Å². The number of benzene rings is 2. The van der Waals surface area contributed by atoms with Crippen LogP contribution in [0.5, 0.6) is 5.75 Å². The number of methoxy groups -OCH3 is 1. The summed E-state index contributed by atoms with van der Waals surface area (Å²) in [5, 5.41) is 4.60. The lowest BCUT2D eigenvalue weighted by Gasteiger charge is -2.33. The van der Waals surface area contributed by atoms with E-state index < -0.39 is 0 Å². The second kappa shape index (κ2) is 10.6. The van der Waals surface area contributed by atoms with E-state index >= 15 is 0 Å². The molecule has 4 aromatic rings. The van der Waals surface area contributed by atoms with Crippen LogP contribution in [0.15, 0.2) is 79.3 Å². The largest absolute Gasteiger partial charge is 0.495 e. The number of aromatic nitrogens is 2. The number of hydrogen-bond acceptors (Lipinski definition) is 5. The molecule has 3 heterocycles. The number of nitrogens with one attached hydrogen (secondary N) is 1. The Kier molecular flexibility index (Phi) is 6.89. The molecule has 5 rings (SSSR count). The van der Waals surface area contributed by atoms with Gasteiger partial charge in [0.25, 0.3) is 5.91 Å². The molecule has 1 amide bonds. The van der Waals surface area contributed by atoms with E-state index in [1.54, 1.807) is 13.3 Å². The van der Waals surface area contributed by atoms with Gasteiger partial charge in [0.1, 0.15) is 5.75 Å². The molecule has 1 saturated heterocycles. The highest BCUT2D eigenvalue weighted by atomic mass is 16.5. The minimum absolute atomic E-state index is 0.0707. The zero-order valence-electron chi connectivity index (χ0n) is 20.0. The van der Waals surface area contributed by atoms with Gasteiger partial charge >= 0.3 is 0 Å². The first-order valence-electron chi connectivity index (χ1n) is 12.1. The summed E-state index contributed by atoms with van der Waals surface area (Å²) in [5.41, 5.74) is 4.88. The zero-order valence-corrected chi connectivity index (χ0v) is 20.0. The predicted molar refractivity (Wildman–Crippen MR) is 139 cm³/mol. The van der Waals surface area contributed by atoms with E-state index in [4.69, 9.17) is 4.74 Å². The molecule has 6 nitrogen and oxygen atoms in total. The Labute approximate surface area is 206 Å². The number of pyridine rings is 2. The second-order valence-electron chi connectivity index (χ2n) is 9.08. The number of nitrogens with zero attached hydrogens (tertiary/aromatic N) is 3. The summed E-state index contributed by atoms with van der Waals surface area (Å²) >= 11 is 0. The molecule has 0 aliphatic carbocycles. The maximum absolute atomic E-state index is 13.5. The normalized spacial score (nSPS) is 15.7. The zero-order chi connectivity index (χ0) is 24.0. The van der Waals surface area contributed by atoms with Gasteiger partial charge in [-0.25, -0.2) is 0 Å². The molecule has 0 spiro atoms. The number of rotatable bonds is 7. The van der Waals surface area contributed by atoms with Crippen molar-refractivity contribution >= 4 is 22.5 Å². The smallest absolute Gasteiger partial charge is 0.253 e. The highest BCUT2D eigenvalue weighted by Crippen LogP contribution is 2.29. The van der Waals surface area contributed by atoms with Crippen molar-refractivity contribution in [2.45, 2.75) is 25.8 Å². The molecule has 1 atom stereocenters. The van der Waals surface area contributed by atoms with Crippen molar-refractivity contribution in [2.24, 2.45) is 5.92 Å². The van der Waals surface area contributed by atoms with E-state index in [9.17, 15) is 4.79 Å². The van der Waals surface area contributed by atoms with Gasteiger partial charge in [-0.1, -0.05) is 24.3 Å². The number of carbonyl (C=O) groups excluding carboxylic acids is 1. The lowest BCUT2D eigenvalue weighted by Crippen LogP contribution is -2.40. The van der Waals surface area contributed by atoms with Crippen LogP contribution >= 0.6 is 0 Å². The third-order valence-corrected chi connectivity index (χ3v) is 6.70. The number of hydrogen-bond donors (Lipinski definition) is 1. The molecule has 1 aliphatic rings. The molecule has 0 radical (unpaired) electrons. The Morgan fingerprint density at radius 3 is 2.89 bits per heavy atom. The number of likely N-dealkylation sites (tertiary alicyclic amines) is 1. The first-order chi connectivity index (χ1) is 17.2. The maximum atomic E-state index is 13.5. The first kappa shape index (κ1) is 22.8. The van der Waals surface area contributed by atoms with Crippen LogP contribution in [0.25, 0.3) is 10.9 Å². The lowest BCUT2D eigenvalue weighted by molar-refractivity contribution is 0.0673. The number of piperidine rings is 1. The molecule has 1 N–H and O–H groups in total. The van der Waals surface area contributed by atoms with E-state index in [1.165, 1.54) is 10.9 Å². The van der Waals surface area contributed by atoms with Crippen molar-refractivity contribution in [3.05, 3.63) is 95.9 Å². The number of carbonyl (C=O) groups is 1. The third-order valence-electron chi connectivity index (χ3n) is 6.70. The van der Waals surface area contributed by atoms with Gasteiger partial charge < -0.3 is 15.0 Å². The van der Waals surface area contributed by atoms with Crippen LogP contribution in [0.2, 0.25) is 0 Å². The minimum atomic E-state index is 0.0707. The van der Waals surface area contributed by atoms with Gasteiger partial charge in [-0.2, -0.15) is 0 Å². The number of ether oxygens (including phenoxy) is 1. The van der Waals surface area contributed by atoms with Crippen LogP contribution in [0, 0.1) is 5.92 Å². The van der Waals surface area contributed by atoms with Gasteiger partial charge in [0.2, 0.25) is 0 Å². The molecule has 0 saturated carbocycles. The van der Waals surface area contributed by atoms with Crippen LogP contribution in [-0.2, 0) is 13.0 Å². The SMILES string of the molecule is COc1ccc(C(=O)N2CCCC(Cc3cccc4ncccc34)C2)cc1NCc1cccnc1. The summed E-state index contributed by atoms with van der Waals surface area (Å²) in [6.07, 6.45) is 8.51. The molecule has 178 valence electrons.